The van der Waals surface area contributed by atoms with E-state index in [-0.39, 0.29) is 11.4 Å². The Labute approximate surface area is 112 Å². The zero-order valence-electron chi connectivity index (χ0n) is 11.3. The number of ether oxygens (including phenoxy) is 1. The largest absolute Gasteiger partial charge is 0.487 e. The van der Waals surface area contributed by atoms with Gasteiger partial charge in [0.05, 0.1) is 11.8 Å². The molecule has 0 spiro atoms. The molecule has 0 atom stereocenters. The highest BCUT2D eigenvalue weighted by atomic mass is 16.5. The van der Waals surface area contributed by atoms with Crippen LogP contribution in [-0.4, -0.2) is 11.4 Å². The molecule has 0 aliphatic carbocycles. The quantitative estimate of drug-likeness (QED) is 0.771. The molecular formula is C16H16O3. The van der Waals surface area contributed by atoms with Crippen LogP contribution in [0.1, 0.15) is 41.1 Å². The smallest absolute Gasteiger partial charge is 0.196 e. The van der Waals surface area contributed by atoms with Crippen molar-refractivity contribution in [1.29, 1.82) is 0 Å². The summed E-state index contributed by atoms with van der Waals surface area (Å²) in [4.78, 5) is 12.4. The van der Waals surface area contributed by atoms with Crippen molar-refractivity contribution >= 4 is 5.78 Å². The average Bonchev–Trinajstić information content (AvgIpc) is 2.88. The second-order valence-corrected chi connectivity index (χ2v) is 5.58. The Morgan fingerprint density at radius 3 is 2.74 bits per heavy atom. The number of benzene rings is 1. The van der Waals surface area contributed by atoms with Gasteiger partial charge in [-0.3, -0.25) is 4.79 Å². The molecule has 2 heterocycles. The lowest BCUT2D eigenvalue weighted by Gasteiger charge is -2.16. The minimum Gasteiger partial charge on any atom is -0.487 e. The van der Waals surface area contributed by atoms with Crippen molar-refractivity contribution in [2.45, 2.75) is 32.8 Å². The summed E-state index contributed by atoms with van der Waals surface area (Å²) in [5.74, 6) is 1.53. The molecule has 3 heteroatoms. The van der Waals surface area contributed by atoms with Crippen molar-refractivity contribution in [1.82, 2.24) is 0 Å². The molecule has 1 aromatic heterocycles. The van der Waals surface area contributed by atoms with E-state index in [9.17, 15) is 4.79 Å². The summed E-state index contributed by atoms with van der Waals surface area (Å²) < 4.78 is 11.0. The lowest BCUT2D eigenvalue weighted by atomic mass is 9.97. The third-order valence-corrected chi connectivity index (χ3v) is 3.43. The van der Waals surface area contributed by atoms with Gasteiger partial charge in [0.1, 0.15) is 17.1 Å². The molecule has 2 aromatic rings. The fourth-order valence-corrected chi connectivity index (χ4v) is 2.53. The first-order chi connectivity index (χ1) is 8.96. The summed E-state index contributed by atoms with van der Waals surface area (Å²) >= 11 is 0. The van der Waals surface area contributed by atoms with Crippen molar-refractivity contribution in [2.75, 3.05) is 0 Å². The Bertz CT molecular complexity index is 650. The first kappa shape index (κ1) is 12.0. The van der Waals surface area contributed by atoms with E-state index >= 15 is 0 Å². The van der Waals surface area contributed by atoms with E-state index in [1.807, 2.05) is 18.2 Å². The molecule has 1 aliphatic heterocycles. The van der Waals surface area contributed by atoms with E-state index in [2.05, 4.69) is 13.8 Å². The molecule has 1 aliphatic rings. The topological polar surface area (TPSA) is 39.4 Å². The van der Waals surface area contributed by atoms with Crippen LogP contribution in [0.15, 0.2) is 34.9 Å². The van der Waals surface area contributed by atoms with Crippen molar-refractivity contribution in [3.05, 3.63) is 53.0 Å². The highest BCUT2D eigenvalue weighted by Gasteiger charge is 2.30. The molecule has 3 rings (SSSR count). The molecule has 98 valence electrons. The van der Waals surface area contributed by atoms with Gasteiger partial charge in [-0.05, 0) is 50.6 Å². The zero-order chi connectivity index (χ0) is 13.6. The first-order valence-corrected chi connectivity index (χ1v) is 6.37. The standard InChI is InChI=1S/C16H16O3/c1-10-13(6-7-18-10)15(17)11-4-5-14-12(8-11)9-16(2,3)19-14/h4-8H,9H2,1-3H3. The number of rotatable bonds is 2. The zero-order valence-corrected chi connectivity index (χ0v) is 11.3. The van der Waals surface area contributed by atoms with Crippen LogP contribution in [0.2, 0.25) is 0 Å². The molecule has 0 amide bonds. The van der Waals surface area contributed by atoms with E-state index in [0.717, 1.165) is 17.7 Å². The van der Waals surface area contributed by atoms with Gasteiger partial charge in [0.25, 0.3) is 0 Å². The molecule has 0 saturated heterocycles. The van der Waals surface area contributed by atoms with Gasteiger partial charge in [-0.15, -0.1) is 0 Å². The van der Waals surface area contributed by atoms with Crippen LogP contribution in [0, 0.1) is 6.92 Å². The summed E-state index contributed by atoms with van der Waals surface area (Å²) in [5, 5.41) is 0. The van der Waals surface area contributed by atoms with E-state index in [1.54, 1.807) is 19.3 Å². The summed E-state index contributed by atoms with van der Waals surface area (Å²) in [6, 6.07) is 7.34. The van der Waals surface area contributed by atoms with Crippen LogP contribution >= 0.6 is 0 Å². The molecule has 0 fully saturated rings. The predicted molar refractivity (Wildman–Crippen MR) is 71.7 cm³/mol. The highest BCUT2D eigenvalue weighted by Crippen LogP contribution is 2.35. The van der Waals surface area contributed by atoms with Gasteiger partial charge in [-0.1, -0.05) is 0 Å². The maximum atomic E-state index is 12.4. The Hall–Kier alpha value is -2.03. The van der Waals surface area contributed by atoms with Crippen LogP contribution in [0.25, 0.3) is 0 Å². The van der Waals surface area contributed by atoms with Crippen LogP contribution in [0.3, 0.4) is 0 Å². The fraction of sp³-hybridized carbons (Fsp3) is 0.312. The minimum atomic E-state index is -0.185. The number of hydrogen-bond donors (Lipinski definition) is 0. The Morgan fingerprint density at radius 1 is 1.26 bits per heavy atom. The molecule has 0 N–H and O–H groups in total. The number of hydrogen-bond acceptors (Lipinski definition) is 3. The molecule has 0 bridgehead atoms. The van der Waals surface area contributed by atoms with Crippen LogP contribution in [-0.2, 0) is 6.42 Å². The Kier molecular flexibility index (Phi) is 2.52. The maximum absolute atomic E-state index is 12.4. The summed E-state index contributed by atoms with van der Waals surface area (Å²) in [6.45, 7) is 5.90. The predicted octanol–water partition coefficient (Wildman–Crippen LogP) is 3.53. The van der Waals surface area contributed by atoms with Crippen molar-refractivity contribution < 1.29 is 13.9 Å². The monoisotopic (exact) mass is 256 g/mol. The van der Waals surface area contributed by atoms with Crippen molar-refractivity contribution in [3.8, 4) is 5.75 Å². The summed E-state index contributed by atoms with van der Waals surface area (Å²) in [5.41, 5.74) is 2.22. The number of carbonyl (C=O) groups excluding carboxylic acids is 1. The van der Waals surface area contributed by atoms with E-state index in [0.29, 0.717) is 16.9 Å². The lowest BCUT2D eigenvalue weighted by Crippen LogP contribution is -2.24. The van der Waals surface area contributed by atoms with Gasteiger partial charge in [-0.25, -0.2) is 0 Å². The van der Waals surface area contributed by atoms with E-state index in [4.69, 9.17) is 9.15 Å². The number of carbonyl (C=O) groups is 1. The SMILES string of the molecule is Cc1occc1C(=O)c1ccc2c(c1)CC(C)(C)O2. The van der Waals surface area contributed by atoms with Gasteiger partial charge >= 0.3 is 0 Å². The van der Waals surface area contributed by atoms with Gasteiger partial charge in [-0.2, -0.15) is 0 Å². The summed E-state index contributed by atoms with van der Waals surface area (Å²) in [6.07, 6.45) is 2.37. The number of aryl methyl sites for hydroxylation is 1. The molecule has 1 aromatic carbocycles. The number of furan rings is 1. The van der Waals surface area contributed by atoms with E-state index < -0.39 is 0 Å². The molecule has 19 heavy (non-hydrogen) atoms. The third kappa shape index (κ3) is 2.05. The Balaban J connectivity index is 1.97. The minimum absolute atomic E-state index is 0.00115. The van der Waals surface area contributed by atoms with Gasteiger partial charge < -0.3 is 9.15 Å². The molecule has 3 nitrogen and oxygen atoms in total. The second kappa shape index (κ2) is 3.98. The molecule has 0 radical (unpaired) electrons. The van der Waals surface area contributed by atoms with Crippen molar-refractivity contribution in [3.63, 3.8) is 0 Å². The average molecular weight is 256 g/mol. The molecule has 0 unspecified atom stereocenters. The molecular weight excluding hydrogens is 240 g/mol. The number of ketones is 1. The highest BCUT2D eigenvalue weighted by molar-refractivity contribution is 6.09. The van der Waals surface area contributed by atoms with Crippen molar-refractivity contribution in [2.24, 2.45) is 0 Å². The van der Waals surface area contributed by atoms with Gasteiger partial charge in [0.2, 0.25) is 0 Å². The number of fused-ring (bicyclic) bond motifs is 1. The fourth-order valence-electron chi connectivity index (χ4n) is 2.53. The summed E-state index contributed by atoms with van der Waals surface area (Å²) in [7, 11) is 0. The van der Waals surface area contributed by atoms with Crippen LogP contribution < -0.4 is 4.74 Å². The van der Waals surface area contributed by atoms with Crippen LogP contribution in [0.4, 0.5) is 0 Å². The maximum Gasteiger partial charge on any atom is 0.196 e. The lowest BCUT2D eigenvalue weighted by molar-refractivity contribution is 0.103. The Morgan fingerprint density at radius 2 is 2.05 bits per heavy atom. The third-order valence-electron chi connectivity index (χ3n) is 3.43. The van der Waals surface area contributed by atoms with Crippen LogP contribution in [0.5, 0.6) is 5.75 Å². The second-order valence-electron chi connectivity index (χ2n) is 5.58. The normalized spacial score (nSPS) is 15.9. The van der Waals surface area contributed by atoms with E-state index in [1.165, 1.54) is 0 Å². The van der Waals surface area contributed by atoms with Gasteiger partial charge in [0.15, 0.2) is 5.78 Å². The van der Waals surface area contributed by atoms with Gasteiger partial charge in [0, 0.05) is 12.0 Å². The first-order valence-electron chi connectivity index (χ1n) is 6.37. The molecule has 0 saturated carbocycles.